The summed E-state index contributed by atoms with van der Waals surface area (Å²) in [4.78, 5) is 31.1. The summed E-state index contributed by atoms with van der Waals surface area (Å²) in [6, 6.07) is 10.3. The number of aromatic nitrogens is 5. The molecule has 0 spiro atoms. The van der Waals surface area contributed by atoms with Gasteiger partial charge in [-0.25, -0.2) is 14.2 Å². The molecule has 10 nitrogen and oxygen atoms in total. The van der Waals surface area contributed by atoms with Crippen molar-refractivity contribution in [3.63, 3.8) is 0 Å². The summed E-state index contributed by atoms with van der Waals surface area (Å²) in [6.45, 7) is 4.26. The van der Waals surface area contributed by atoms with Gasteiger partial charge in [0.05, 0.1) is 22.4 Å². The number of nitrogens with zero attached hydrogens (tertiary/aromatic N) is 5. The van der Waals surface area contributed by atoms with Crippen molar-refractivity contribution in [3.05, 3.63) is 81.5 Å². The maximum absolute atomic E-state index is 13.7. The second kappa shape index (κ2) is 10.4. The van der Waals surface area contributed by atoms with Gasteiger partial charge < -0.3 is 15.4 Å². The number of hydrogen-bond donors (Lipinski definition) is 2. The maximum atomic E-state index is 13.7. The van der Waals surface area contributed by atoms with Gasteiger partial charge in [-0.15, -0.1) is 16.4 Å². The normalized spacial score (nSPS) is 11.0. The smallest absolute Gasteiger partial charge is 0.274 e. The van der Waals surface area contributed by atoms with Crippen LogP contribution in [0.15, 0.2) is 59.6 Å². The number of amides is 2. The first-order valence-corrected chi connectivity index (χ1v) is 12.8. The third kappa shape index (κ3) is 4.91. The maximum Gasteiger partial charge on any atom is 0.274 e. The van der Waals surface area contributed by atoms with Gasteiger partial charge in [0.2, 0.25) is 5.88 Å². The van der Waals surface area contributed by atoms with Crippen LogP contribution < -0.4 is 15.4 Å². The van der Waals surface area contributed by atoms with Crippen molar-refractivity contribution in [2.24, 2.45) is 0 Å². The zero-order valence-electron chi connectivity index (χ0n) is 19.9. The van der Waals surface area contributed by atoms with E-state index in [1.54, 1.807) is 36.7 Å². The molecular weight excluding hydrogens is 514 g/mol. The Balaban J connectivity index is 1.58. The molecule has 0 radical (unpaired) electrons. The fourth-order valence-corrected chi connectivity index (χ4v) is 4.51. The minimum absolute atomic E-state index is 0.116. The Hall–Kier alpha value is -4.22. The number of thiophene rings is 1. The summed E-state index contributed by atoms with van der Waals surface area (Å²) < 4.78 is 8.65. The van der Waals surface area contributed by atoms with E-state index in [0.717, 1.165) is 11.9 Å². The van der Waals surface area contributed by atoms with Gasteiger partial charge in [-0.3, -0.25) is 9.59 Å². The van der Waals surface area contributed by atoms with Crippen LogP contribution in [0.1, 0.15) is 39.9 Å². The molecule has 0 saturated carbocycles. The van der Waals surface area contributed by atoms with Crippen LogP contribution >= 0.6 is 22.9 Å². The third-order valence-electron chi connectivity index (χ3n) is 5.45. The summed E-state index contributed by atoms with van der Waals surface area (Å²) in [5, 5.41) is 18.5. The number of anilines is 1. The molecule has 0 aliphatic rings. The Labute approximate surface area is 220 Å². The minimum atomic E-state index is -0.534. The van der Waals surface area contributed by atoms with Crippen LogP contribution in [0.3, 0.4) is 0 Å². The van der Waals surface area contributed by atoms with Crippen molar-refractivity contribution < 1.29 is 14.3 Å². The van der Waals surface area contributed by atoms with Gasteiger partial charge in [0, 0.05) is 24.2 Å². The van der Waals surface area contributed by atoms with E-state index in [9.17, 15) is 9.59 Å². The Morgan fingerprint density at radius 2 is 2.03 bits per heavy atom. The zero-order valence-corrected chi connectivity index (χ0v) is 21.5. The van der Waals surface area contributed by atoms with Crippen molar-refractivity contribution in [2.75, 3.05) is 11.9 Å². The molecular formula is C25H22ClN7O3S. The molecule has 12 heteroatoms. The van der Waals surface area contributed by atoms with Gasteiger partial charge >= 0.3 is 0 Å². The molecule has 5 aromatic heterocycles. The second-order valence-electron chi connectivity index (χ2n) is 8.08. The lowest BCUT2D eigenvalue weighted by Crippen LogP contribution is -2.29. The fraction of sp³-hybridized carbons (Fsp3) is 0.160. The van der Waals surface area contributed by atoms with E-state index in [1.165, 1.54) is 26.6 Å². The Morgan fingerprint density at radius 3 is 2.78 bits per heavy atom. The minimum Gasteiger partial charge on any atom is -0.437 e. The molecule has 2 amide bonds. The van der Waals surface area contributed by atoms with Gasteiger partial charge in [-0.1, -0.05) is 18.5 Å². The van der Waals surface area contributed by atoms with Crippen molar-refractivity contribution in [1.82, 2.24) is 29.7 Å². The van der Waals surface area contributed by atoms with E-state index in [4.69, 9.17) is 16.3 Å². The molecule has 0 atom stereocenters. The van der Waals surface area contributed by atoms with Crippen LogP contribution in [-0.4, -0.2) is 42.7 Å². The molecule has 0 aliphatic heterocycles. The first kappa shape index (κ1) is 24.5. The molecule has 5 rings (SSSR count). The van der Waals surface area contributed by atoms with Crippen LogP contribution in [0.2, 0.25) is 5.02 Å². The molecule has 37 heavy (non-hydrogen) atoms. The largest absolute Gasteiger partial charge is 0.437 e. The van der Waals surface area contributed by atoms with E-state index < -0.39 is 5.91 Å². The molecule has 0 unspecified atom stereocenters. The number of carbonyl (C=O) groups excluding carboxylic acids is 2. The summed E-state index contributed by atoms with van der Waals surface area (Å²) in [5.41, 5.74) is 2.09. The quantitative estimate of drug-likeness (QED) is 0.285. The highest BCUT2D eigenvalue weighted by Crippen LogP contribution is 2.29. The average Bonchev–Trinajstić information content (AvgIpc) is 3.65. The number of fused-ring (bicyclic) bond motifs is 1. The Kier molecular flexibility index (Phi) is 6.89. The predicted octanol–water partition coefficient (Wildman–Crippen LogP) is 5.12. The SMILES string of the molecule is CCCNC(=O)c1c(NC(=O)c2cc(Oc3ccsc3)nn2-c2ncccc2Cl)c(C)cc2ccnn12. The number of aryl methyl sites for hydroxylation is 1. The molecule has 188 valence electrons. The molecule has 2 N–H and O–H groups in total. The Bertz CT molecular complexity index is 1590. The van der Waals surface area contributed by atoms with Crippen molar-refractivity contribution >= 4 is 46.0 Å². The van der Waals surface area contributed by atoms with Crippen LogP contribution in [0.4, 0.5) is 5.69 Å². The number of rotatable bonds is 8. The highest BCUT2D eigenvalue weighted by atomic mass is 35.5. The number of carbonyl (C=O) groups is 2. The lowest BCUT2D eigenvalue weighted by atomic mass is 10.1. The molecule has 0 fully saturated rings. The predicted molar refractivity (Wildman–Crippen MR) is 141 cm³/mol. The Morgan fingerprint density at radius 1 is 1.16 bits per heavy atom. The van der Waals surface area contributed by atoms with E-state index in [2.05, 4.69) is 25.8 Å². The summed E-state index contributed by atoms with van der Waals surface area (Å²) >= 11 is 7.85. The van der Waals surface area contributed by atoms with Gasteiger partial charge in [-0.2, -0.15) is 5.10 Å². The number of nitrogens with one attached hydrogen (secondary N) is 2. The first-order valence-electron chi connectivity index (χ1n) is 11.4. The number of hydrogen-bond acceptors (Lipinski definition) is 7. The van der Waals surface area contributed by atoms with Crippen LogP contribution in [-0.2, 0) is 0 Å². The zero-order chi connectivity index (χ0) is 25.9. The van der Waals surface area contributed by atoms with Crippen molar-refractivity contribution in [3.8, 4) is 17.4 Å². The fourth-order valence-electron chi connectivity index (χ4n) is 3.76. The topological polar surface area (TPSA) is 115 Å². The second-order valence-corrected chi connectivity index (χ2v) is 9.27. The van der Waals surface area contributed by atoms with Crippen LogP contribution in [0, 0.1) is 6.92 Å². The lowest BCUT2D eigenvalue weighted by molar-refractivity contribution is 0.0947. The highest BCUT2D eigenvalue weighted by Gasteiger charge is 2.25. The van der Waals surface area contributed by atoms with E-state index in [-0.39, 0.29) is 29.0 Å². The average molecular weight is 536 g/mol. The van der Waals surface area contributed by atoms with Gasteiger partial charge in [0.25, 0.3) is 11.8 Å². The summed E-state index contributed by atoms with van der Waals surface area (Å²) in [6.07, 6.45) is 3.91. The monoisotopic (exact) mass is 535 g/mol. The molecule has 0 saturated heterocycles. The number of ether oxygens (including phenoxy) is 1. The van der Waals surface area contributed by atoms with Gasteiger partial charge in [0.15, 0.2) is 11.5 Å². The molecule has 0 bridgehead atoms. The van der Waals surface area contributed by atoms with E-state index >= 15 is 0 Å². The van der Waals surface area contributed by atoms with E-state index in [1.807, 2.05) is 30.7 Å². The molecule has 5 aromatic rings. The van der Waals surface area contributed by atoms with Crippen molar-refractivity contribution in [2.45, 2.75) is 20.3 Å². The van der Waals surface area contributed by atoms with Crippen LogP contribution in [0.25, 0.3) is 11.3 Å². The highest BCUT2D eigenvalue weighted by molar-refractivity contribution is 7.08. The number of halogens is 1. The molecule has 0 aliphatic carbocycles. The van der Waals surface area contributed by atoms with Gasteiger partial charge in [0.1, 0.15) is 11.4 Å². The number of pyridine rings is 2. The first-order chi connectivity index (χ1) is 18.0. The third-order valence-corrected chi connectivity index (χ3v) is 6.40. The molecule has 0 aromatic carbocycles. The van der Waals surface area contributed by atoms with E-state index in [0.29, 0.717) is 28.6 Å². The van der Waals surface area contributed by atoms with Gasteiger partial charge in [-0.05, 0) is 54.6 Å². The standard InChI is InChI=1S/C25H22ClN7O3S/c1-3-8-28-25(35)22-21(15(2)12-16-6-10-29-32(16)22)30-24(34)19-13-20(36-17-7-11-37-14-17)31-33(19)23-18(26)5-4-9-27-23/h4-7,9-14H,3,8H2,1-2H3,(H,28,35)(H,30,34). The van der Waals surface area contributed by atoms with Crippen molar-refractivity contribution in [1.29, 1.82) is 0 Å². The van der Waals surface area contributed by atoms with Crippen LogP contribution in [0.5, 0.6) is 11.6 Å². The summed E-state index contributed by atoms with van der Waals surface area (Å²) in [7, 11) is 0. The summed E-state index contributed by atoms with van der Waals surface area (Å²) in [5.74, 6) is 0.148. The molecule has 5 heterocycles. The lowest BCUT2D eigenvalue weighted by Gasteiger charge is -2.16.